The molecule has 0 unspecified atom stereocenters. The molecule has 5 heteroatoms. The summed E-state index contributed by atoms with van der Waals surface area (Å²) in [5, 5.41) is 18.7. The van der Waals surface area contributed by atoms with Crippen molar-refractivity contribution in [1.82, 2.24) is 0 Å². The molecule has 3 rings (SSSR count). The van der Waals surface area contributed by atoms with Gasteiger partial charge in [0.15, 0.2) is 11.5 Å². The van der Waals surface area contributed by atoms with Crippen LogP contribution in [0.25, 0.3) is 0 Å². The van der Waals surface area contributed by atoms with E-state index in [4.69, 9.17) is 14.6 Å². The van der Waals surface area contributed by atoms with Crippen molar-refractivity contribution in [1.29, 1.82) is 0 Å². The fraction of sp³-hybridized carbons (Fsp3) is 0.278. The number of ether oxygens (including phenoxy) is 2. The minimum atomic E-state index is -1.14. The third-order valence-corrected chi connectivity index (χ3v) is 3.90. The quantitative estimate of drug-likeness (QED) is 0.885. The van der Waals surface area contributed by atoms with Gasteiger partial charge in [0, 0.05) is 0 Å². The number of carboxylic acids is 1. The Labute approximate surface area is 134 Å². The van der Waals surface area contributed by atoms with E-state index < -0.39 is 5.97 Å². The van der Waals surface area contributed by atoms with Crippen LogP contribution in [0.1, 0.15) is 40.4 Å². The Hall–Kier alpha value is -2.69. The summed E-state index contributed by atoms with van der Waals surface area (Å²) in [6.45, 7) is 2.34. The summed E-state index contributed by atoms with van der Waals surface area (Å²) < 4.78 is 10.9. The number of phenols is 1. The van der Waals surface area contributed by atoms with Crippen LogP contribution in [0, 0.1) is 0 Å². The van der Waals surface area contributed by atoms with Crippen molar-refractivity contribution >= 4 is 5.97 Å². The van der Waals surface area contributed by atoms with Gasteiger partial charge in [-0.1, -0.05) is 19.4 Å². The van der Waals surface area contributed by atoms with E-state index in [-0.39, 0.29) is 18.1 Å². The van der Waals surface area contributed by atoms with E-state index >= 15 is 0 Å². The van der Waals surface area contributed by atoms with Crippen LogP contribution in [0.5, 0.6) is 17.2 Å². The molecular weight excluding hydrogens is 296 g/mol. The molecule has 0 amide bonds. The lowest BCUT2D eigenvalue weighted by molar-refractivity contribution is 0.0693. The van der Waals surface area contributed by atoms with Crippen molar-refractivity contribution in [2.24, 2.45) is 0 Å². The number of carbonyl (C=O) groups is 1. The van der Waals surface area contributed by atoms with E-state index in [0.29, 0.717) is 6.42 Å². The van der Waals surface area contributed by atoms with E-state index in [1.807, 2.05) is 12.1 Å². The second-order valence-electron chi connectivity index (χ2n) is 5.56. The predicted molar refractivity (Wildman–Crippen MR) is 84.4 cm³/mol. The lowest BCUT2D eigenvalue weighted by Crippen LogP contribution is -2.00. The molecule has 2 aromatic rings. The topological polar surface area (TPSA) is 76.0 Å². The Morgan fingerprint density at radius 1 is 1.13 bits per heavy atom. The monoisotopic (exact) mass is 314 g/mol. The zero-order valence-electron chi connectivity index (χ0n) is 12.8. The number of benzene rings is 2. The number of carboxylic acid groups (broad SMARTS) is 1. The molecule has 0 radical (unpaired) electrons. The maximum atomic E-state index is 11.2. The first-order valence-corrected chi connectivity index (χ1v) is 7.55. The van der Waals surface area contributed by atoms with Gasteiger partial charge in [0.05, 0.1) is 0 Å². The van der Waals surface area contributed by atoms with Crippen molar-refractivity contribution in [3.8, 4) is 17.2 Å². The number of aromatic carboxylic acids is 1. The highest BCUT2D eigenvalue weighted by Gasteiger charge is 2.18. The molecule has 0 spiro atoms. The highest BCUT2D eigenvalue weighted by molar-refractivity contribution is 5.90. The molecule has 0 atom stereocenters. The molecule has 0 bridgehead atoms. The van der Waals surface area contributed by atoms with E-state index in [9.17, 15) is 9.90 Å². The van der Waals surface area contributed by atoms with E-state index in [1.165, 1.54) is 17.7 Å². The maximum absolute atomic E-state index is 11.2. The summed E-state index contributed by atoms with van der Waals surface area (Å²) in [5.74, 6) is 0.121. The van der Waals surface area contributed by atoms with Gasteiger partial charge in [-0.25, -0.2) is 4.79 Å². The van der Waals surface area contributed by atoms with Gasteiger partial charge >= 0.3 is 5.97 Å². The number of fused-ring (bicyclic) bond motifs is 1. The average Bonchev–Trinajstić information content (AvgIpc) is 2.96. The van der Waals surface area contributed by atoms with Gasteiger partial charge in [0.1, 0.15) is 11.3 Å². The molecule has 0 saturated carbocycles. The van der Waals surface area contributed by atoms with Crippen LogP contribution in [-0.4, -0.2) is 23.0 Å². The van der Waals surface area contributed by atoms with Crippen molar-refractivity contribution in [2.75, 3.05) is 6.79 Å². The molecule has 0 fully saturated rings. The molecule has 1 aliphatic rings. The summed E-state index contributed by atoms with van der Waals surface area (Å²) in [4.78, 5) is 11.2. The Morgan fingerprint density at radius 3 is 2.48 bits per heavy atom. The molecule has 1 heterocycles. The van der Waals surface area contributed by atoms with E-state index in [0.717, 1.165) is 35.5 Å². The third-order valence-electron chi connectivity index (χ3n) is 3.90. The summed E-state index contributed by atoms with van der Waals surface area (Å²) in [7, 11) is 0. The highest BCUT2D eigenvalue weighted by Crippen LogP contribution is 2.36. The van der Waals surface area contributed by atoms with Crippen LogP contribution < -0.4 is 9.47 Å². The second kappa shape index (κ2) is 6.20. The Morgan fingerprint density at radius 2 is 1.83 bits per heavy atom. The zero-order valence-corrected chi connectivity index (χ0v) is 12.8. The van der Waals surface area contributed by atoms with Gasteiger partial charge in [0.2, 0.25) is 6.79 Å². The summed E-state index contributed by atoms with van der Waals surface area (Å²) in [5.41, 5.74) is 3.00. The Bertz CT molecular complexity index is 751. The minimum absolute atomic E-state index is 0.0831. The molecule has 2 N–H and O–H groups in total. The molecule has 2 aromatic carbocycles. The van der Waals surface area contributed by atoms with Gasteiger partial charge < -0.3 is 19.7 Å². The van der Waals surface area contributed by atoms with Gasteiger partial charge in [-0.15, -0.1) is 0 Å². The molecule has 0 aromatic heterocycles. The number of aromatic hydroxyl groups is 1. The molecule has 1 aliphatic heterocycles. The highest BCUT2D eigenvalue weighted by atomic mass is 16.7. The Kier molecular flexibility index (Phi) is 4.10. The molecule has 0 saturated heterocycles. The normalized spacial score (nSPS) is 12.4. The Balaban J connectivity index is 1.96. The molecule has 0 aliphatic carbocycles. The predicted octanol–water partition coefficient (Wildman–Crippen LogP) is 3.36. The molecule has 23 heavy (non-hydrogen) atoms. The van der Waals surface area contributed by atoms with Gasteiger partial charge in [0.25, 0.3) is 0 Å². The van der Waals surface area contributed by atoms with E-state index in [1.54, 1.807) is 6.07 Å². The van der Waals surface area contributed by atoms with Crippen LogP contribution >= 0.6 is 0 Å². The first-order valence-electron chi connectivity index (χ1n) is 7.55. The maximum Gasteiger partial charge on any atom is 0.339 e. The van der Waals surface area contributed by atoms with E-state index in [2.05, 4.69) is 6.92 Å². The smallest absolute Gasteiger partial charge is 0.339 e. The van der Waals surface area contributed by atoms with Crippen LogP contribution in [0.3, 0.4) is 0 Å². The van der Waals surface area contributed by atoms with Crippen LogP contribution in [0.2, 0.25) is 0 Å². The van der Waals surface area contributed by atoms with Crippen LogP contribution in [-0.2, 0) is 12.8 Å². The minimum Gasteiger partial charge on any atom is -0.507 e. The van der Waals surface area contributed by atoms with Gasteiger partial charge in [-0.05, 0) is 53.8 Å². The van der Waals surface area contributed by atoms with Gasteiger partial charge in [-0.2, -0.15) is 0 Å². The SMILES string of the molecule is CCCc1cc2c(cc1Cc1ccc(O)c(C(=O)O)c1)OCO2. The zero-order chi connectivity index (χ0) is 16.4. The number of hydrogen-bond donors (Lipinski definition) is 2. The largest absolute Gasteiger partial charge is 0.507 e. The van der Waals surface area contributed by atoms with Crippen molar-refractivity contribution in [2.45, 2.75) is 26.2 Å². The van der Waals surface area contributed by atoms with Crippen molar-refractivity contribution in [3.63, 3.8) is 0 Å². The summed E-state index contributed by atoms with van der Waals surface area (Å²) in [6, 6.07) is 8.63. The summed E-state index contributed by atoms with van der Waals surface area (Å²) >= 11 is 0. The van der Waals surface area contributed by atoms with Crippen molar-refractivity contribution in [3.05, 3.63) is 52.6 Å². The first kappa shape index (κ1) is 15.2. The van der Waals surface area contributed by atoms with Crippen LogP contribution in [0.15, 0.2) is 30.3 Å². The fourth-order valence-corrected chi connectivity index (χ4v) is 2.78. The lowest BCUT2D eigenvalue weighted by Gasteiger charge is -2.11. The standard InChI is InChI=1S/C18H18O5/c1-2-3-12-8-16-17(23-10-22-16)9-13(12)6-11-4-5-15(19)14(7-11)18(20)21/h4-5,7-9,19H,2-3,6,10H2,1H3,(H,20,21). The number of hydrogen-bond acceptors (Lipinski definition) is 4. The van der Waals surface area contributed by atoms with Gasteiger partial charge in [-0.3, -0.25) is 0 Å². The third kappa shape index (κ3) is 3.08. The van der Waals surface area contributed by atoms with Crippen molar-refractivity contribution < 1.29 is 24.5 Å². The fourth-order valence-electron chi connectivity index (χ4n) is 2.78. The average molecular weight is 314 g/mol. The first-order chi connectivity index (χ1) is 11.1. The molecule has 5 nitrogen and oxygen atoms in total. The molecule has 120 valence electrons. The summed E-state index contributed by atoms with van der Waals surface area (Å²) in [6.07, 6.45) is 2.49. The molecular formula is C18H18O5. The lowest BCUT2D eigenvalue weighted by atomic mass is 9.95. The number of aryl methyl sites for hydroxylation is 1. The second-order valence-corrected chi connectivity index (χ2v) is 5.56. The van der Waals surface area contributed by atoms with Crippen LogP contribution in [0.4, 0.5) is 0 Å². The number of rotatable bonds is 5.